The molecule has 4 amide bonds. The number of aromatic hydroxyl groups is 2. The number of aromatic nitrogens is 2. The fourth-order valence-electron chi connectivity index (χ4n) is 9.82. The van der Waals surface area contributed by atoms with Gasteiger partial charge in [0.15, 0.2) is 0 Å². The minimum absolute atomic E-state index is 0.152. The van der Waals surface area contributed by atoms with Crippen LogP contribution in [0.4, 0.5) is 0 Å². The maximum absolute atomic E-state index is 14.0. The van der Waals surface area contributed by atoms with Crippen LogP contribution >= 0.6 is 0 Å². The quantitative estimate of drug-likeness (QED) is 0.0706. The second-order valence-corrected chi connectivity index (χ2v) is 18.5. The Balaban J connectivity index is 0.912. The Bertz CT molecular complexity index is 2720. The molecule has 0 aliphatic carbocycles. The highest BCUT2D eigenvalue weighted by Crippen LogP contribution is 2.28. The highest BCUT2D eigenvalue weighted by atomic mass is 16.3. The van der Waals surface area contributed by atoms with Gasteiger partial charge in [-0.05, 0) is 153 Å². The fourth-order valence-corrected chi connectivity index (χ4v) is 9.82. The number of benzene rings is 4. The average molecular weight is 925 g/mol. The topological polar surface area (TPSA) is 237 Å². The lowest BCUT2D eigenvalue weighted by Gasteiger charge is -2.37. The van der Waals surface area contributed by atoms with Crippen LogP contribution < -0.4 is 27.7 Å². The number of amides is 4. The molecular weight excluding hydrogens is 861 g/mol. The van der Waals surface area contributed by atoms with E-state index in [0.717, 1.165) is 55.6 Å². The van der Waals surface area contributed by atoms with E-state index in [4.69, 9.17) is 11.5 Å². The van der Waals surface area contributed by atoms with Gasteiger partial charge in [0.2, 0.25) is 23.6 Å². The van der Waals surface area contributed by atoms with E-state index in [9.17, 15) is 34.2 Å². The molecule has 2 unspecified atom stereocenters. The maximum Gasteiger partial charge on any atom is 0.269 e. The van der Waals surface area contributed by atoms with Gasteiger partial charge in [-0.1, -0.05) is 48.5 Å². The van der Waals surface area contributed by atoms with Crippen LogP contribution in [0, 0.1) is 34.6 Å². The van der Waals surface area contributed by atoms with Crippen LogP contribution in [0.25, 0.3) is 0 Å². The maximum atomic E-state index is 14.0. The number of fused-ring (bicyclic) bond motifs is 2. The number of aromatic amines is 1. The number of rotatable bonds is 16. The van der Waals surface area contributed by atoms with E-state index in [1.807, 2.05) is 83.1 Å². The Labute approximate surface area is 397 Å². The van der Waals surface area contributed by atoms with Crippen molar-refractivity contribution in [3.8, 4) is 11.5 Å². The summed E-state index contributed by atoms with van der Waals surface area (Å²) in [4.78, 5) is 79.5. The number of carbonyl (C=O) groups excluding carboxylic acids is 4. The van der Waals surface area contributed by atoms with Gasteiger partial charge < -0.3 is 47.1 Å². The third-order valence-electron chi connectivity index (χ3n) is 13.6. The Morgan fingerprint density at radius 2 is 1.06 bits per heavy atom. The van der Waals surface area contributed by atoms with Crippen molar-refractivity contribution in [1.82, 2.24) is 30.4 Å². The van der Waals surface area contributed by atoms with E-state index in [-0.39, 0.29) is 73.2 Å². The highest BCUT2D eigenvalue weighted by molar-refractivity contribution is 5.91. The monoisotopic (exact) mass is 924 g/mol. The summed E-state index contributed by atoms with van der Waals surface area (Å²) in [5, 5.41) is 26.0. The van der Waals surface area contributed by atoms with Gasteiger partial charge in [-0.2, -0.15) is 0 Å². The molecule has 2 aliphatic rings. The number of phenolic OH excluding ortho intramolecular Hbond substituents is 2. The smallest absolute Gasteiger partial charge is 0.269 e. The zero-order chi connectivity index (χ0) is 48.8. The van der Waals surface area contributed by atoms with Crippen LogP contribution in [0.15, 0.2) is 77.6 Å². The van der Waals surface area contributed by atoms with Crippen molar-refractivity contribution in [1.29, 1.82) is 0 Å². The second kappa shape index (κ2) is 21.4. The predicted molar refractivity (Wildman–Crippen MR) is 260 cm³/mol. The zero-order valence-electron chi connectivity index (χ0n) is 39.7. The normalized spacial score (nSPS) is 16.3. The molecule has 68 heavy (non-hydrogen) atoms. The molecule has 7 rings (SSSR count). The molecule has 15 heteroatoms. The summed E-state index contributed by atoms with van der Waals surface area (Å²) in [6.07, 6.45) is 2.94. The van der Waals surface area contributed by atoms with Crippen LogP contribution in [0.2, 0.25) is 0 Å². The first kappa shape index (κ1) is 49.1. The number of hydrogen-bond acceptors (Lipinski definition) is 10. The molecule has 0 fully saturated rings. The third-order valence-corrected chi connectivity index (χ3v) is 13.6. The van der Waals surface area contributed by atoms with Gasteiger partial charge in [0, 0.05) is 44.7 Å². The first-order valence-electron chi connectivity index (χ1n) is 23.5. The van der Waals surface area contributed by atoms with Crippen molar-refractivity contribution in [2.24, 2.45) is 11.5 Å². The summed E-state index contributed by atoms with van der Waals surface area (Å²) in [7, 11) is 0. The van der Waals surface area contributed by atoms with E-state index >= 15 is 0 Å². The van der Waals surface area contributed by atoms with Gasteiger partial charge in [-0.15, -0.1) is 0 Å². The zero-order valence-corrected chi connectivity index (χ0v) is 39.7. The number of carbonyl (C=O) groups is 4. The Morgan fingerprint density at radius 3 is 1.49 bits per heavy atom. The van der Waals surface area contributed by atoms with Gasteiger partial charge in [-0.25, -0.2) is 0 Å². The number of phenols is 2. The molecule has 0 spiro atoms. The molecule has 15 nitrogen and oxygen atoms in total. The van der Waals surface area contributed by atoms with E-state index < -0.39 is 24.2 Å². The number of H-pyrrole nitrogens is 1. The molecule has 0 radical (unpaired) electrons. The molecule has 9 N–H and O–H groups in total. The minimum atomic E-state index is -0.896. The van der Waals surface area contributed by atoms with Crippen LogP contribution in [0.3, 0.4) is 0 Å². The standard InChI is InChI=1S/C53H64N8O7/c1-30-20-39(62)21-31(2)41(30)26-43(54)52(67)60-28-37-14-8-6-12-35(37)24-47(60)50(65)56-18-10-16-45-34(5)58-46(49(64)59-45)17-11-19-57-51(66)48-25-36-13-7-9-15-38(36)29-61(48)53(68)44(55)27-42-32(3)22-40(63)23-33(42)4/h6-9,12-15,20-23,43-44,47-48,62-63H,10-11,16-19,24-29,54-55H2,1-5H3,(H,56,65)(H,57,66)(H,59,64)/t43-,44-,47?,48?/m0/s1. The lowest BCUT2D eigenvalue weighted by atomic mass is 9.91. The molecule has 358 valence electrons. The Hall–Kier alpha value is -6.84. The van der Waals surface area contributed by atoms with E-state index in [2.05, 4.69) is 20.6 Å². The van der Waals surface area contributed by atoms with Gasteiger partial charge in [-0.3, -0.25) is 29.0 Å². The van der Waals surface area contributed by atoms with Gasteiger partial charge >= 0.3 is 0 Å². The number of aryl methyl sites for hydroxylation is 7. The summed E-state index contributed by atoms with van der Waals surface area (Å²) in [6.45, 7) is 10.4. The van der Waals surface area contributed by atoms with Crippen LogP contribution in [0.1, 0.15) is 85.6 Å². The highest BCUT2D eigenvalue weighted by Gasteiger charge is 2.38. The first-order chi connectivity index (χ1) is 32.5. The van der Waals surface area contributed by atoms with Crippen molar-refractivity contribution < 1.29 is 29.4 Å². The average Bonchev–Trinajstić information content (AvgIpc) is 3.31. The molecular formula is C53H64N8O7. The van der Waals surface area contributed by atoms with Crippen LogP contribution in [-0.2, 0) is 70.8 Å². The number of nitrogens with two attached hydrogens (primary N) is 2. The first-order valence-corrected chi connectivity index (χ1v) is 23.5. The van der Waals surface area contributed by atoms with Crippen LogP contribution in [0.5, 0.6) is 11.5 Å². The predicted octanol–water partition coefficient (Wildman–Crippen LogP) is 3.87. The molecule has 4 aromatic carbocycles. The molecule has 4 atom stereocenters. The van der Waals surface area contributed by atoms with Crippen LogP contribution in [-0.4, -0.2) is 90.9 Å². The molecule has 0 saturated heterocycles. The van der Waals surface area contributed by atoms with Gasteiger partial charge in [0.05, 0.1) is 17.8 Å². The number of hydrogen-bond donors (Lipinski definition) is 7. The summed E-state index contributed by atoms with van der Waals surface area (Å²) in [5.74, 6) is -0.931. The largest absolute Gasteiger partial charge is 0.508 e. The lowest BCUT2D eigenvalue weighted by molar-refractivity contribution is -0.142. The molecule has 0 bridgehead atoms. The van der Waals surface area contributed by atoms with E-state index in [1.165, 1.54) is 0 Å². The van der Waals surface area contributed by atoms with Crippen molar-refractivity contribution >= 4 is 23.6 Å². The summed E-state index contributed by atoms with van der Waals surface area (Å²) in [6, 6.07) is 18.8. The molecule has 2 aliphatic heterocycles. The van der Waals surface area contributed by atoms with Crippen molar-refractivity contribution in [2.45, 2.75) is 123 Å². The SMILES string of the molecule is Cc1cc(O)cc(C)c1C[C@H](N)C(=O)N1Cc2ccccc2CC1C(=O)NCCCc1[nH]c(=O)c(CCCNC(=O)C2Cc3ccccc3CN2C(=O)[C@@H](N)Cc2c(C)cc(O)cc2C)nc1C. The van der Waals surface area contributed by atoms with Crippen molar-refractivity contribution in [3.63, 3.8) is 0 Å². The Morgan fingerprint density at radius 1 is 0.662 bits per heavy atom. The number of nitrogens with zero attached hydrogens (tertiary/aromatic N) is 3. The molecule has 1 aromatic heterocycles. The summed E-state index contributed by atoms with van der Waals surface area (Å²) in [5.41, 5.74) is 23.5. The van der Waals surface area contributed by atoms with E-state index in [0.29, 0.717) is 62.2 Å². The third kappa shape index (κ3) is 11.3. The van der Waals surface area contributed by atoms with E-state index in [1.54, 1.807) is 34.1 Å². The fraction of sp³-hybridized carbons (Fsp3) is 0.396. The van der Waals surface area contributed by atoms with Crippen molar-refractivity contribution in [3.05, 3.63) is 156 Å². The summed E-state index contributed by atoms with van der Waals surface area (Å²) >= 11 is 0. The molecule has 5 aromatic rings. The molecule has 3 heterocycles. The molecule has 0 saturated carbocycles. The lowest BCUT2D eigenvalue weighted by Crippen LogP contribution is -2.56. The minimum Gasteiger partial charge on any atom is -0.508 e. The van der Waals surface area contributed by atoms with Gasteiger partial charge in [0.25, 0.3) is 5.56 Å². The summed E-state index contributed by atoms with van der Waals surface area (Å²) < 4.78 is 0. The second-order valence-electron chi connectivity index (χ2n) is 18.5. The van der Waals surface area contributed by atoms with Crippen molar-refractivity contribution in [2.75, 3.05) is 13.1 Å². The number of nitrogens with one attached hydrogen (secondary N) is 3. The van der Waals surface area contributed by atoms with Gasteiger partial charge in [0.1, 0.15) is 29.3 Å². The Kier molecular flexibility index (Phi) is 15.5.